The summed E-state index contributed by atoms with van der Waals surface area (Å²) in [5.41, 5.74) is 0. The molecule has 138 valence electrons. The molecule has 1 aliphatic heterocycles. The van der Waals surface area contributed by atoms with Crippen LogP contribution in [0.3, 0.4) is 0 Å². The Morgan fingerprint density at radius 2 is 2.08 bits per heavy atom. The SMILES string of the molecule is Cc1cc2c(N3CCC(NCCN(C)S(C)(=O)=O)CC3)ncnc2s1. The van der Waals surface area contributed by atoms with Crippen LogP contribution in [0.4, 0.5) is 5.82 Å². The minimum absolute atomic E-state index is 0.422. The predicted octanol–water partition coefficient (Wildman–Crippen LogP) is 1.45. The van der Waals surface area contributed by atoms with E-state index in [1.165, 1.54) is 15.4 Å². The number of piperidine rings is 1. The lowest BCUT2D eigenvalue weighted by atomic mass is 10.0. The number of nitrogens with one attached hydrogen (secondary N) is 1. The van der Waals surface area contributed by atoms with Crippen LogP contribution in [0.25, 0.3) is 10.2 Å². The molecule has 3 heterocycles. The standard InChI is InChI=1S/C16H25N5O2S2/c1-12-10-14-15(18-11-19-16(14)24-12)21-7-4-13(5-8-21)17-6-9-20(2)25(3,22)23/h10-11,13,17H,4-9H2,1-3H3. The number of rotatable bonds is 6. The first-order valence-corrected chi connectivity index (χ1v) is 11.1. The van der Waals surface area contributed by atoms with E-state index in [2.05, 4.69) is 33.2 Å². The molecule has 0 radical (unpaired) electrons. The van der Waals surface area contributed by atoms with Gasteiger partial charge in [0.25, 0.3) is 0 Å². The lowest BCUT2D eigenvalue weighted by molar-refractivity contribution is 0.390. The third kappa shape index (κ3) is 4.46. The highest BCUT2D eigenvalue weighted by atomic mass is 32.2. The maximum Gasteiger partial charge on any atom is 0.210 e. The molecule has 1 fully saturated rings. The second-order valence-corrected chi connectivity index (χ2v) is 9.90. The summed E-state index contributed by atoms with van der Waals surface area (Å²) in [5.74, 6) is 1.03. The molecule has 2 aromatic heterocycles. The van der Waals surface area contributed by atoms with Crippen molar-refractivity contribution in [2.24, 2.45) is 0 Å². The van der Waals surface area contributed by atoms with Crippen molar-refractivity contribution in [3.8, 4) is 0 Å². The first kappa shape index (κ1) is 18.5. The summed E-state index contributed by atoms with van der Waals surface area (Å²) in [6.07, 6.45) is 4.94. The van der Waals surface area contributed by atoms with Crippen LogP contribution in [0.5, 0.6) is 0 Å². The highest BCUT2D eigenvalue weighted by Crippen LogP contribution is 2.31. The van der Waals surface area contributed by atoms with Crippen molar-refractivity contribution in [1.82, 2.24) is 19.6 Å². The molecule has 0 saturated carbocycles. The van der Waals surface area contributed by atoms with Gasteiger partial charge in [0, 0.05) is 44.1 Å². The van der Waals surface area contributed by atoms with Gasteiger partial charge in [0.1, 0.15) is 17.0 Å². The van der Waals surface area contributed by atoms with E-state index in [4.69, 9.17) is 0 Å². The number of anilines is 1. The maximum absolute atomic E-state index is 11.4. The van der Waals surface area contributed by atoms with Crippen LogP contribution in [-0.2, 0) is 10.0 Å². The van der Waals surface area contributed by atoms with Gasteiger partial charge in [-0.15, -0.1) is 11.3 Å². The zero-order valence-electron chi connectivity index (χ0n) is 14.9. The fraction of sp³-hybridized carbons (Fsp3) is 0.625. The summed E-state index contributed by atoms with van der Waals surface area (Å²) in [6.45, 7) is 5.16. The van der Waals surface area contributed by atoms with Gasteiger partial charge in [-0.25, -0.2) is 22.7 Å². The molecule has 0 amide bonds. The number of aryl methyl sites for hydroxylation is 1. The number of fused-ring (bicyclic) bond motifs is 1. The van der Waals surface area contributed by atoms with E-state index in [0.717, 1.165) is 42.0 Å². The van der Waals surface area contributed by atoms with Crippen LogP contribution in [0.1, 0.15) is 17.7 Å². The molecule has 0 spiro atoms. The lowest BCUT2D eigenvalue weighted by Gasteiger charge is -2.33. The van der Waals surface area contributed by atoms with Crippen LogP contribution in [0.15, 0.2) is 12.4 Å². The molecule has 0 atom stereocenters. The van der Waals surface area contributed by atoms with Crippen molar-refractivity contribution < 1.29 is 8.42 Å². The molecule has 0 unspecified atom stereocenters. The molecule has 2 aromatic rings. The Bertz CT molecular complexity index is 828. The van der Waals surface area contributed by atoms with Gasteiger partial charge in [-0.05, 0) is 25.8 Å². The monoisotopic (exact) mass is 383 g/mol. The van der Waals surface area contributed by atoms with Gasteiger partial charge in [0.15, 0.2) is 0 Å². The first-order valence-electron chi connectivity index (χ1n) is 8.45. The molecule has 1 aliphatic rings. The number of thiophene rings is 1. The second-order valence-electron chi connectivity index (χ2n) is 6.57. The Morgan fingerprint density at radius 1 is 1.36 bits per heavy atom. The van der Waals surface area contributed by atoms with Crippen LogP contribution in [0.2, 0.25) is 0 Å². The molecule has 1 N–H and O–H groups in total. The van der Waals surface area contributed by atoms with E-state index in [1.54, 1.807) is 24.7 Å². The van der Waals surface area contributed by atoms with Gasteiger partial charge >= 0.3 is 0 Å². The number of hydrogen-bond acceptors (Lipinski definition) is 7. The summed E-state index contributed by atoms with van der Waals surface area (Å²) in [6, 6.07) is 2.59. The van der Waals surface area contributed by atoms with Gasteiger partial charge in [-0.3, -0.25) is 0 Å². The van der Waals surface area contributed by atoms with Crippen molar-refractivity contribution in [1.29, 1.82) is 0 Å². The summed E-state index contributed by atoms with van der Waals surface area (Å²) >= 11 is 1.70. The molecular formula is C16H25N5O2S2. The van der Waals surface area contributed by atoms with E-state index in [0.29, 0.717) is 19.1 Å². The Morgan fingerprint density at radius 3 is 2.76 bits per heavy atom. The highest BCUT2D eigenvalue weighted by molar-refractivity contribution is 7.88. The third-order valence-corrected chi connectivity index (χ3v) is 6.93. The van der Waals surface area contributed by atoms with E-state index in [1.807, 2.05) is 0 Å². The second kappa shape index (κ2) is 7.53. The predicted molar refractivity (Wildman–Crippen MR) is 103 cm³/mol. The van der Waals surface area contributed by atoms with Crippen LogP contribution in [0, 0.1) is 6.92 Å². The number of aromatic nitrogens is 2. The molecule has 25 heavy (non-hydrogen) atoms. The molecule has 7 nitrogen and oxygen atoms in total. The number of hydrogen-bond donors (Lipinski definition) is 1. The van der Waals surface area contributed by atoms with E-state index < -0.39 is 10.0 Å². The zero-order valence-corrected chi connectivity index (χ0v) is 16.5. The molecule has 1 saturated heterocycles. The van der Waals surface area contributed by atoms with Crippen molar-refractivity contribution in [2.75, 3.05) is 44.4 Å². The number of sulfonamides is 1. The summed E-state index contributed by atoms with van der Waals surface area (Å²) in [5, 5.41) is 4.62. The number of likely N-dealkylation sites (N-methyl/N-ethyl adjacent to an activating group) is 1. The molecule has 0 bridgehead atoms. The minimum Gasteiger partial charge on any atom is -0.356 e. The fourth-order valence-electron chi connectivity index (χ4n) is 3.10. The van der Waals surface area contributed by atoms with Gasteiger partial charge in [-0.1, -0.05) is 0 Å². The van der Waals surface area contributed by atoms with Crippen molar-refractivity contribution in [3.05, 3.63) is 17.3 Å². The lowest BCUT2D eigenvalue weighted by Crippen LogP contribution is -2.45. The quantitative estimate of drug-likeness (QED) is 0.813. The Balaban J connectivity index is 1.53. The maximum atomic E-state index is 11.4. The van der Waals surface area contributed by atoms with Crippen LogP contribution in [-0.4, -0.2) is 68.2 Å². The van der Waals surface area contributed by atoms with Gasteiger partial charge in [0.05, 0.1) is 11.6 Å². The Kier molecular flexibility index (Phi) is 5.57. The molecular weight excluding hydrogens is 358 g/mol. The summed E-state index contributed by atoms with van der Waals surface area (Å²) < 4.78 is 24.2. The zero-order chi connectivity index (χ0) is 18.0. The molecule has 3 rings (SSSR count). The van der Waals surface area contributed by atoms with E-state index in [-0.39, 0.29) is 0 Å². The van der Waals surface area contributed by atoms with Crippen LogP contribution < -0.4 is 10.2 Å². The fourth-order valence-corrected chi connectivity index (χ4v) is 4.37. The van der Waals surface area contributed by atoms with E-state index in [9.17, 15) is 8.42 Å². The minimum atomic E-state index is -3.10. The summed E-state index contributed by atoms with van der Waals surface area (Å²) in [4.78, 5) is 13.5. The Hall–Kier alpha value is -1.29. The van der Waals surface area contributed by atoms with Gasteiger partial charge in [-0.2, -0.15) is 0 Å². The average Bonchev–Trinajstić information content (AvgIpc) is 2.94. The van der Waals surface area contributed by atoms with Crippen molar-refractivity contribution in [3.63, 3.8) is 0 Å². The normalized spacial score (nSPS) is 16.9. The third-order valence-electron chi connectivity index (χ3n) is 4.65. The van der Waals surface area contributed by atoms with Crippen molar-refractivity contribution in [2.45, 2.75) is 25.8 Å². The topological polar surface area (TPSA) is 78.4 Å². The highest BCUT2D eigenvalue weighted by Gasteiger charge is 2.22. The largest absolute Gasteiger partial charge is 0.356 e. The molecule has 0 aromatic carbocycles. The summed E-state index contributed by atoms with van der Waals surface area (Å²) in [7, 11) is -1.48. The molecule has 0 aliphatic carbocycles. The Labute approximate surface area is 153 Å². The van der Waals surface area contributed by atoms with Crippen molar-refractivity contribution >= 4 is 37.4 Å². The average molecular weight is 384 g/mol. The first-order chi connectivity index (χ1) is 11.8. The van der Waals surface area contributed by atoms with Crippen LogP contribution >= 0.6 is 11.3 Å². The van der Waals surface area contributed by atoms with E-state index >= 15 is 0 Å². The van der Waals surface area contributed by atoms with Gasteiger partial charge < -0.3 is 10.2 Å². The smallest absolute Gasteiger partial charge is 0.210 e. The molecule has 9 heteroatoms. The number of nitrogens with zero attached hydrogens (tertiary/aromatic N) is 4. The van der Waals surface area contributed by atoms with Gasteiger partial charge in [0.2, 0.25) is 10.0 Å².